The van der Waals surface area contributed by atoms with Gasteiger partial charge in [-0.1, -0.05) is 18.2 Å². The average Bonchev–Trinajstić information content (AvgIpc) is 2.92. The summed E-state index contributed by atoms with van der Waals surface area (Å²) < 4.78 is 16.5. The van der Waals surface area contributed by atoms with Crippen molar-refractivity contribution < 1.29 is 19.0 Å². The molecule has 0 fully saturated rings. The smallest absolute Gasteiger partial charge is 0.262 e. The van der Waals surface area contributed by atoms with E-state index in [2.05, 4.69) is 21.4 Å². The van der Waals surface area contributed by atoms with E-state index in [4.69, 9.17) is 14.2 Å². The van der Waals surface area contributed by atoms with E-state index in [1.54, 1.807) is 79.9 Å². The number of nitrogens with zero attached hydrogens (tertiary/aromatic N) is 2. The third-order valence-electron chi connectivity index (χ3n) is 5.30. The lowest BCUT2D eigenvalue weighted by atomic mass is 10.1. The predicted molar refractivity (Wildman–Crippen MR) is 141 cm³/mol. The van der Waals surface area contributed by atoms with Gasteiger partial charge >= 0.3 is 0 Å². The lowest BCUT2D eigenvalue weighted by molar-refractivity contribution is -0.118. The number of para-hydroxylation sites is 1. The minimum Gasteiger partial charge on any atom is -0.497 e. The number of nitrogens with one attached hydrogen (secondary N) is 2. The Kier molecular flexibility index (Phi) is 7.81. The number of carbonyl (C=O) groups excluding carboxylic acids is 1. The molecule has 9 heteroatoms. The second kappa shape index (κ2) is 11.6. The van der Waals surface area contributed by atoms with E-state index >= 15 is 0 Å². The Balaban J connectivity index is 1.52. The Hall–Kier alpha value is -5.10. The van der Waals surface area contributed by atoms with Crippen molar-refractivity contribution >= 4 is 34.1 Å². The highest BCUT2D eigenvalue weighted by Crippen LogP contribution is 2.30. The van der Waals surface area contributed by atoms with Crippen molar-refractivity contribution in [1.82, 2.24) is 9.97 Å². The molecule has 0 radical (unpaired) electrons. The summed E-state index contributed by atoms with van der Waals surface area (Å²) in [5.41, 5.74) is 1.59. The predicted octanol–water partition coefficient (Wildman–Crippen LogP) is 4.41. The van der Waals surface area contributed by atoms with Crippen LogP contribution in [0.2, 0.25) is 0 Å². The Morgan fingerprint density at radius 3 is 2.59 bits per heavy atom. The summed E-state index contributed by atoms with van der Waals surface area (Å²) in [7, 11) is 1.57. The van der Waals surface area contributed by atoms with Crippen molar-refractivity contribution in [3.63, 3.8) is 0 Å². The fraction of sp³-hybridized carbons (Fsp3) is 0.143. The maximum Gasteiger partial charge on any atom is 0.262 e. The monoisotopic (exact) mass is 496 g/mol. The lowest BCUT2D eigenvalue weighted by Crippen LogP contribution is -2.20. The fourth-order valence-electron chi connectivity index (χ4n) is 3.55. The Bertz CT molecular complexity index is 1550. The van der Waals surface area contributed by atoms with E-state index in [0.29, 0.717) is 46.0 Å². The van der Waals surface area contributed by atoms with Gasteiger partial charge in [0.2, 0.25) is 0 Å². The number of nitriles is 1. The molecule has 9 nitrogen and oxygen atoms in total. The minimum atomic E-state index is -0.338. The molecule has 1 heterocycles. The van der Waals surface area contributed by atoms with Gasteiger partial charge in [0, 0.05) is 5.69 Å². The molecule has 2 N–H and O–H groups in total. The van der Waals surface area contributed by atoms with Gasteiger partial charge in [-0.05, 0) is 67.1 Å². The molecule has 0 atom stereocenters. The zero-order valence-electron chi connectivity index (χ0n) is 20.3. The number of anilines is 1. The summed E-state index contributed by atoms with van der Waals surface area (Å²) in [5.74, 6) is 1.30. The highest BCUT2D eigenvalue weighted by Gasteiger charge is 2.12. The first kappa shape index (κ1) is 25.0. The van der Waals surface area contributed by atoms with E-state index in [1.807, 2.05) is 6.92 Å². The van der Waals surface area contributed by atoms with E-state index in [-0.39, 0.29) is 29.5 Å². The fourth-order valence-corrected chi connectivity index (χ4v) is 3.55. The number of aromatic amines is 1. The van der Waals surface area contributed by atoms with Gasteiger partial charge in [0.05, 0.1) is 30.2 Å². The molecule has 37 heavy (non-hydrogen) atoms. The molecule has 0 spiro atoms. The molecule has 0 aliphatic heterocycles. The number of carbonyl (C=O) groups is 1. The summed E-state index contributed by atoms with van der Waals surface area (Å²) in [6, 6.07) is 21.0. The zero-order valence-corrected chi connectivity index (χ0v) is 20.3. The molecule has 4 aromatic rings. The van der Waals surface area contributed by atoms with E-state index in [9.17, 15) is 14.9 Å². The van der Waals surface area contributed by atoms with Crippen LogP contribution in [0.3, 0.4) is 0 Å². The number of aromatic nitrogens is 2. The Morgan fingerprint density at radius 2 is 1.86 bits per heavy atom. The van der Waals surface area contributed by atoms with Crippen LogP contribution in [0.1, 0.15) is 18.3 Å². The highest BCUT2D eigenvalue weighted by atomic mass is 16.5. The Labute approximate surface area is 213 Å². The quantitative estimate of drug-likeness (QED) is 0.329. The van der Waals surface area contributed by atoms with Crippen molar-refractivity contribution in [2.24, 2.45) is 0 Å². The van der Waals surface area contributed by atoms with Crippen molar-refractivity contribution in [2.75, 3.05) is 25.6 Å². The number of hydrogen-bond acceptors (Lipinski definition) is 7. The van der Waals surface area contributed by atoms with Crippen LogP contribution in [0.5, 0.6) is 17.2 Å². The molecule has 186 valence electrons. The number of hydrogen-bond donors (Lipinski definition) is 2. The first-order valence-electron chi connectivity index (χ1n) is 11.5. The number of allylic oxidation sites excluding steroid dienone is 1. The number of ether oxygens (including phenoxy) is 3. The van der Waals surface area contributed by atoms with Crippen LogP contribution in [-0.2, 0) is 4.79 Å². The molecule has 1 amide bonds. The molecule has 0 bridgehead atoms. The van der Waals surface area contributed by atoms with Crippen molar-refractivity contribution in [3.8, 4) is 23.3 Å². The normalized spacial score (nSPS) is 11.0. The van der Waals surface area contributed by atoms with Crippen molar-refractivity contribution in [2.45, 2.75) is 6.92 Å². The van der Waals surface area contributed by atoms with Crippen LogP contribution < -0.4 is 25.1 Å². The molecule has 3 aromatic carbocycles. The first-order chi connectivity index (χ1) is 18.0. The second-order valence-electron chi connectivity index (χ2n) is 7.81. The van der Waals surface area contributed by atoms with Crippen LogP contribution in [0.25, 0.3) is 22.6 Å². The highest BCUT2D eigenvalue weighted by molar-refractivity contribution is 5.92. The molecule has 0 saturated carbocycles. The molecule has 0 aliphatic carbocycles. The topological polar surface area (TPSA) is 126 Å². The van der Waals surface area contributed by atoms with Crippen LogP contribution >= 0.6 is 0 Å². The van der Waals surface area contributed by atoms with E-state index < -0.39 is 0 Å². The van der Waals surface area contributed by atoms with Gasteiger partial charge in [0.1, 0.15) is 11.8 Å². The standard InChI is InChI=1S/C28H24N4O5/c1-3-36-25-15-18(14-19(16-29)27-31-23-7-5-4-6-22(23)28(34)32-27)8-13-24(25)37-17-26(33)30-20-9-11-21(35-2)12-10-20/h4-15H,3,17H2,1-2H3,(H,30,33)(H,31,32,34)/b19-14+. The summed E-state index contributed by atoms with van der Waals surface area (Å²) in [6.45, 7) is 1.96. The van der Waals surface area contributed by atoms with Gasteiger partial charge in [-0.25, -0.2) is 4.98 Å². The third-order valence-corrected chi connectivity index (χ3v) is 5.30. The van der Waals surface area contributed by atoms with Gasteiger partial charge in [-0.15, -0.1) is 0 Å². The maximum absolute atomic E-state index is 12.4. The van der Waals surface area contributed by atoms with Crippen LogP contribution in [0, 0.1) is 11.3 Å². The summed E-state index contributed by atoms with van der Waals surface area (Å²) in [6.07, 6.45) is 1.59. The van der Waals surface area contributed by atoms with Crippen molar-refractivity contribution in [1.29, 1.82) is 5.26 Å². The number of amides is 1. The minimum absolute atomic E-state index is 0.166. The van der Waals surface area contributed by atoms with Crippen LogP contribution in [-0.4, -0.2) is 36.2 Å². The zero-order chi connectivity index (χ0) is 26.2. The summed E-state index contributed by atoms with van der Waals surface area (Å²) >= 11 is 0. The average molecular weight is 497 g/mol. The first-order valence-corrected chi connectivity index (χ1v) is 11.5. The van der Waals surface area contributed by atoms with Crippen LogP contribution in [0.15, 0.2) is 71.5 Å². The van der Waals surface area contributed by atoms with Gasteiger partial charge in [0.25, 0.3) is 11.5 Å². The number of H-pyrrole nitrogens is 1. The molecule has 0 saturated heterocycles. The van der Waals surface area contributed by atoms with Crippen molar-refractivity contribution in [3.05, 3.63) is 88.5 Å². The third kappa shape index (κ3) is 6.13. The van der Waals surface area contributed by atoms with Gasteiger partial charge in [-0.3, -0.25) is 9.59 Å². The molecular formula is C28H24N4O5. The summed E-state index contributed by atoms with van der Waals surface area (Å²) in [5, 5.41) is 12.9. The molecule has 0 unspecified atom stereocenters. The van der Waals surface area contributed by atoms with E-state index in [0.717, 1.165) is 0 Å². The molecule has 4 rings (SSSR count). The number of benzene rings is 3. The van der Waals surface area contributed by atoms with E-state index in [1.165, 1.54) is 0 Å². The summed E-state index contributed by atoms with van der Waals surface area (Å²) in [4.78, 5) is 31.9. The van der Waals surface area contributed by atoms with Crippen LogP contribution in [0.4, 0.5) is 5.69 Å². The number of rotatable bonds is 9. The molecule has 1 aromatic heterocycles. The second-order valence-corrected chi connectivity index (χ2v) is 7.81. The Morgan fingerprint density at radius 1 is 1.08 bits per heavy atom. The molecular weight excluding hydrogens is 472 g/mol. The number of methoxy groups -OCH3 is 1. The number of fused-ring (bicyclic) bond motifs is 1. The molecule has 0 aliphatic rings. The van der Waals surface area contributed by atoms with Gasteiger partial charge in [-0.2, -0.15) is 5.26 Å². The largest absolute Gasteiger partial charge is 0.497 e. The van der Waals surface area contributed by atoms with Gasteiger partial charge < -0.3 is 24.5 Å². The SMILES string of the molecule is CCOc1cc(/C=C(\C#N)c2nc3ccccc3c(=O)[nH]2)ccc1OCC(=O)Nc1ccc(OC)cc1. The lowest BCUT2D eigenvalue weighted by Gasteiger charge is -2.13. The maximum atomic E-state index is 12.4. The van der Waals surface area contributed by atoms with Gasteiger partial charge in [0.15, 0.2) is 23.9 Å².